The SMILES string of the molecule is CCC(C)CSc1nc(NC)nc2nc[nH]c12. The molecule has 1 atom stereocenters. The zero-order chi connectivity index (χ0) is 12.3. The lowest BCUT2D eigenvalue weighted by Gasteiger charge is -2.08. The van der Waals surface area contributed by atoms with Crippen LogP contribution in [0.1, 0.15) is 20.3 Å². The van der Waals surface area contributed by atoms with Crippen molar-refractivity contribution >= 4 is 28.9 Å². The lowest BCUT2D eigenvalue weighted by molar-refractivity contribution is 0.636. The molecule has 0 radical (unpaired) electrons. The predicted octanol–water partition coefficient (Wildman–Crippen LogP) is 2.53. The lowest BCUT2D eigenvalue weighted by atomic mass is 10.2. The van der Waals surface area contributed by atoms with Gasteiger partial charge in [-0.15, -0.1) is 11.8 Å². The average molecular weight is 251 g/mol. The summed E-state index contributed by atoms with van der Waals surface area (Å²) in [6.07, 6.45) is 2.84. The molecule has 6 heteroatoms. The number of H-pyrrole nitrogens is 1. The van der Waals surface area contributed by atoms with Crippen LogP contribution in [0.25, 0.3) is 11.2 Å². The Morgan fingerprint density at radius 2 is 2.29 bits per heavy atom. The van der Waals surface area contributed by atoms with E-state index in [4.69, 9.17) is 0 Å². The van der Waals surface area contributed by atoms with E-state index < -0.39 is 0 Å². The minimum atomic E-state index is 0.622. The Morgan fingerprint density at radius 3 is 3.00 bits per heavy atom. The molecule has 92 valence electrons. The van der Waals surface area contributed by atoms with Crippen molar-refractivity contribution in [3.63, 3.8) is 0 Å². The van der Waals surface area contributed by atoms with Crippen molar-refractivity contribution in [3.8, 4) is 0 Å². The summed E-state index contributed by atoms with van der Waals surface area (Å²) in [7, 11) is 1.82. The molecule has 2 heterocycles. The van der Waals surface area contributed by atoms with E-state index in [0.29, 0.717) is 11.9 Å². The molecule has 0 saturated heterocycles. The molecule has 0 aromatic carbocycles. The predicted molar refractivity (Wildman–Crippen MR) is 71.4 cm³/mol. The largest absolute Gasteiger partial charge is 0.357 e. The van der Waals surface area contributed by atoms with Gasteiger partial charge >= 0.3 is 0 Å². The van der Waals surface area contributed by atoms with E-state index in [0.717, 1.165) is 21.9 Å². The van der Waals surface area contributed by atoms with Crippen LogP contribution in [-0.2, 0) is 0 Å². The summed E-state index contributed by atoms with van der Waals surface area (Å²) in [6, 6.07) is 0. The molecule has 0 bridgehead atoms. The highest BCUT2D eigenvalue weighted by atomic mass is 32.2. The van der Waals surface area contributed by atoms with Crippen molar-refractivity contribution in [2.75, 3.05) is 18.1 Å². The first kappa shape index (κ1) is 12.2. The first-order valence-corrected chi connectivity index (χ1v) is 6.74. The summed E-state index contributed by atoms with van der Waals surface area (Å²) in [5.74, 6) is 2.37. The molecule has 2 N–H and O–H groups in total. The molecule has 0 fully saturated rings. The Balaban J connectivity index is 2.27. The topological polar surface area (TPSA) is 66.5 Å². The monoisotopic (exact) mass is 251 g/mol. The van der Waals surface area contributed by atoms with Crippen LogP contribution < -0.4 is 5.32 Å². The maximum Gasteiger partial charge on any atom is 0.225 e. The molecular weight excluding hydrogens is 234 g/mol. The first-order chi connectivity index (χ1) is 8.24. The number of aromatic amines is 1. The summed E-state index contributed by atoms with van der Waals surface area (Å²) >= 11 is 1.75. The van der Waals surface area contributed by atoms with Gasteiger partial charge in [0, 0.05) is 12.8 Å². The third kappa shape index (κ3) is 2.69. The summed E-state index contributed by atoms with van der Waals surface area (Å²) < 4.78 is 0. The third-order valence-electron chi connectivity index (χ3n) is 2.68. The number of thioether (sulfide) groups is 1. The second-order valence-electron chi connectivity index (χ2n) is 4.03. The van der Waals surface area contributed by atoms with Crippen LogP contribution in [-0.4, -0.2) is 32.7 Å². The number of anilines is 1. The smallest absolute Gasteiger partial charge is 0.225 e. The quantitative estimate of drug-likeness (QED) is 0.631. The normalized spacial score (nSPS) is 12.9. The highest BCUT2D eigenvalue weighted by Gasteiger charge is 2.10. The minimum absolute atomic E-state index is 0.622. The Kier molecular flexibility index (Phi) is 3.83. The zero-order valence-electron chi connectivity index (χ0n) is 10.3. The van der Waals surface area contributed by atoms with Crippen molar-refractivity contribution < 1.29 is 0 Å². The van der Waals surface area contributed by atoms with Gasteiger partial charge < -0.3 is 10.3 Å². The number of hydrogen-bond donors (Lipinski definition) is 2. The van der Waals surface area contributed by atoms with Crippen molar-refractivity contribution in [2.45, 2.75) is 25.3 Å². The van der Waals surface area contributed by atoms with Crippen LogP contribution in [0, 0.1) is 5.92 Å². The van der Waals surface area contributed by atoms with Crippen molar-refractivity contribution in [1.82, 2.24) is 19.9 Å². The van der Waals surface area contributed by atoms with Gasteiger partial charge in [-0.1, -0.05) is 20.3 Å². The maximum atomic E-state index is 4.47. The van der Waals surface area contributed by atoms with Gasteiger partial charge in [0.25, 0.3) is 0 Å². The van der Waals surface area contributed by atoms with Crippen LogP contribution in [0.15, 0.2) is 11.4 Å². The number of fused-ring (bicyclic) bond motifs is 1. The van der Waals surface area contributed by atoms with Crippen LogP contribution >= 0.6 is 11.8 Å². The molecule has 0 amide bonds. The number of imidazole rings is 1. The standard InChI is InChI=1S/C11H17N5S/c1-4-7(2)5-17-10-8-9(14-6-13-8)15-11(12-3)16-10/h6-7H,4-5H2,1-3H3,(H2,12,13,14,15,16). The van der Waals surface area contributed by atoms with E-state index in [-0.39, 0.29) is 0 Å². The minimum Gasteiger partial charge on any atom is -0.357 e. The summed E-state index contributed by atoms with van der Waals surface area (Å²) in [6.45, 7) is 4.45. The van der Waals surface area contributed by atoms with Gasteiger partial charge in [0.2, 0.25) is 5.95 Å². The highest BCUT2D eigenvalue weighted by Crippen LogP contribution is 2.26. The number of nitrogens with zero attached hydrogens (tertiary/aromatic N) is 3. The Morgan fingerprint density at radius 1 is 1.47 bits per heavy atom. The number of hydrogen-bond acceptors (Lipinski definition) is 5. The van der Waals surface area contributed by atoms with E-state index in [1.165, 1.54) is 6.42 Å². The molecule has 0 aliphatic heterocycles. The summed E-state index contributed by atoms with van der Waals surface area (Å²) in [5, 5.41) is 3.93. The van der Waals surface area contributed by atoms with Crippen molar-refractivity contribution in [1.29, 1.82) is 0 Å². The van der Waals surface area contributed by atoms with Crippen LogP contribution in [0.4, 0.5) is 5.95 Å². The van der Waals surface area contributed by atoms with Crippen molar-refractivity contribution in [3.05, 3.63) is 6.33 Å². The fourth-order valence-electron chi connectivity index (χ4n) is 1.36. The van der Waals surface area contributed by atoms with Crippen LogP contribution in [0.5, 0.6) is 0 Å². The number of nitrogens with one attached hydrogen (secondary N) is 2. The van der Waals surface area contributed by atoms with E-state index in [1.807, 2.05) is 7.05 Å². The Bertz CT molecular complexity index is 496. The summed E-state index contributed by atoms with van der Waals surface area (Å²) in [4.78, 5) is 16.0. The molecule has 17 heavy (non-hydrogen) atoms. The molecule has 0 spiro atoms. The van der Waals surface area contributed by atoms with Gasteiger partial charge in [-0.05, 0) is 5.92 Å². The Hall–Kier alpha value is -1.30. The van der Waals surface area contributed by atoms with E-state index >= 15 is 0 Å². The van der Waals surface area contributed by atoms with Crippen molar-refractivity contribution in [2.24, 2.45) is 5.92 Å². The molecule has 1 unspecified atom stereocenters. The highest BCUT2D eigenvalue weighted by molar-refractivity contribution is 7.99. The lowest BCUT2D eigenvalue weighted by Crippen LogP contribution is -2.00. The molecular formula is C11H17N5S. The van der Waals surface area contributed by atoms with Crippen LogP contribution in [0.3, 0.4) is 0 Å². The molecule has 0 aliphatic rings. The summed E-state index contributed by atoms with van der Waals surface area (Å²) in [5.41, 5.74) is 1.65. The molecule has 2 aromatic heterocycles. The zero-order valence-corrected chi connectivity index (χ0v) is 11.1. The van der Waals surface area contributed by atoms with Gasteiger partial charge in [-0.25, -0.2) is 9.97 Å². The van der Waals surface area contributed by atoms with Crippen LogP contribution in [0.2, 0.25) is 0 Å². The molecule has 0 saturated carbocycles. The molecule has 5 nitrogen and oxygen atoms in total. The molecule has 0 aliphatic carbocycles. The average Bonchev–Trinajstić information content (AvgIpc) is 2.83. The maximum absolute atomic E-state index is 4.47. The first-order valence-electron chi connectivity index (χ1n) is 5.76. The second-order valence-corrected chi connectivity index (χ2v) is 5.04. The fraction of sp³-hybridized carbons (Fsp3) is 0.545. The van der Waals surface area contributed by atoms with E-state index in [2.05, 4.69) is 39.1 Å². The number of aromatic nitrogens is 4. The van der Waals surface area contributed by atoms with Gasteiger partial charge in [-0.3, -0.25) is 0 Å². The van der Waals surface area contributed by atoms with E-state index in [9.17, 15) is 0 Å². The molecule has 2 rings (SSSR count). The van der Waals surface area contributed by atoms with E-state index in [1.54, 1.807) is 18.1 Å². The van der Waals surface area contributed by atoms with Gasteiger partial charge in [0.05, 0.1) is 6.33 Å². The third-order valence-corrected chi connectivity index (χ3v) is 3.98. The number of rotatable bonds is 5. The van der Waals surface area contributed by atoms with Gasteiger partial charge in [0.1, 0.15) is 10.5 Å². The van der Waals surface area contributed by atoms with Gasteiger partial charge in [-0.2, -0.15) is 4.98 Å². The van der Waals surface area contributed by atoms with Gasteiger partial charge in [0.15, 0.2) is 5.65 Å². The molecule has 2 aromatic rings. The Labute approximate surface area is 105 Å². The fourth-order valence-corrected chi connectivity index (χ4v) is 2.49. The second kappa shape index (κ2) is 5.35.